The number of aryl methyl sites for hydroxylation is 1. The highest BCUT2D eigenvalue weighted by Crippen LogP contribution is 2.24. The Morgan fingerprint density at radius 1 is 1.27 bits per heavy atom. The van der Waals surface area contributed by atoms with E-state index in [1.807, 2.05) is 32.3 Å². The van der Waals surface area contributed by atoms with Crippen LogP contribution in [0, 0.1) is 0 Å². The summed E-state index contributed by atoms with van der Waals surface area (Å²) in [6.45, 7) is 1.52. The number of nitrogens with one attached hydrogen (secondary N) is 1. The summed E-state index contributed by atoms with van der Waals surface area (Å²) < 4.78 is 13.9. The van der Waals surface area contributed by atoms with Gasteiger partial charge in [-0.15, -0.1) is 0 Å². The highest BCUT2D eigenvalue weighted by Gasteiger charge is 2.10. The third kappa shape index (κ3) is 5.17. The molecule has 142 valence electrons. The van der Waals surface area contributed by atoms with Gasteiger partial charge in [0.05, 0.1) is 20.8 Å². The van der Waals surface area contributed by atoms with Crippen molar-refractivity contribution < 1.29 is 9.47 Å². The van der Waals surface area contributed by atoms with Crippen molar-refractivity contribution in [3.63, 3.8) is 0 Å². The van der Waals surface area contributed by atoms with Gasteiger partial charge in [0.1, 0.15) is 11.5 Å². The zero-order valence-corrected chi connectivity index (χ0v) is 17.6. The predicted octanol–water partition coefficient (Wildman–Crippen LogP) is 3.05. The highest BCUT2D eigenvalue weighted by molar-refractivity contribution is 9.10. The van der Waals surface area contributed by atoms with E-state index < -0.39 is 0 Å². The molecular formula is C19H27BrN4O2. The summed E-state index contributed by atoms with van der Waals surface area (Å²) in [7, 11) is 9.22. The molecule has 0 aliphatic heterocycles. The number of guanidine groups is 1. The maximum atomic E-state index is 5.44. The van der Waals surface area contributed by atoms with Gasteiger partial charge in [0.15, 0.2) is 5.96 Å². The topological polar surface area (TPSA) is 51.0 Å². The number of hydrogen-bond donors (Lipinski definition) is 1. The molecule has 0 aliphatic rings. The van der Waals surface area contributed by atoms with Gasteiger partial charge in [0.2, 0.25) is 0 Å². The molecule has 2 rings (SSSR count). The van der Waals surface area contributed by atoms with Gasteiger partial charge in [0.25, 0.3) is 0 Å². The molecule has 0 saturated carbocycles. The van der Waals surface area contributed by atoms with Gasteiger partial charge in [0, 0.05) is 44.1 Å². The molecule has 0 spiro atoms. The van der Waals surface area contributed by atoms with Gasteiger partial charge >= 0.3 is 0 Å². The average Bonchev–Trinajstić information content (AvgIpc) is 2.95. The molecular weight excluding hydrogens is 396 g/mol. The highest BCUT2D eigenvalue weighted by atomic mass is 79.9. The number of halogens is 1. The van der Waals surface area contributed by atoms with Crippen molar-refractivity contribution >= 4 is 21.9 Å². The van der Waals surface area contributed by atoms with Crippen molar-refractivity contribution in [3.05, 3.63) is 46.2 Å². The van der Waals surface area contributed by atoms with Gasteiger partial charge in [-0.3, -0.25) is 4.99 Å². The largest absolute Gasteiger partial charge is 0.497 e. The Morgan fingerprint density at radius 2 is 2.04 bits per heavy atom. The summed E-state index contributed by atoms with van der Waals surface area (Å²) in [5.74, 6) is 2.55. The second-order valence-corrected chi connectivity index (χ2v) is 6.93. The molecule has 1 N–H and O–H groups in total. The summed E-state index contributed by atoms with van der Waals surface area (Å²) >= 11 is 3.51. The number of nitrogens with zero attached hydrogens (tertiary/aromatic N) is 3. The van der Waals surface area contributed by atoms with Crippen molar-refractivity contribution in [1.82, 2.24) is 14.8 Å². The van der Waals surface area contributed by atoms with Crippen LogP contribution in [0.5, 0.6) is 11.5 Å². The van der Waals surface area contributed by atoms with Gasteiger partial charge in [-0.1, -0.05) is 0 Å². The first kappa shape index (κ1) is 20.2. The number of aliphatic imine (C=N–C) groups is 1. The van der Waals surface area contributed by atoms with E-state index in [1.165, 1.54) is 5.69 Å². The van der Waals surface area contributed by atoms with Crippen LogP contribution in [0.25, 0.3) is 0 Å². The molecule has 26 heavy (non-hydrogen) atoms. The van der Waals surface area contributed by atoms with E-state index in [2.05, 4.69) is 48.0 Å². The maximum Gasteiger partial charge on any atom is 0.193 e. The third-order valence-electron chi connectivity index (χ3n) is 4.21. The normalized spacial score (nSPS) is 11.4. The molecule has 1 aromatic carbocycles. The minimum atomic E-state index is 0.747. The minimum absolute atomic E-state index is 0.747. The Balaban J connectivity index is 1.95. The summed E-state index contributed by atoms with van der Waals surface area (Å²) in [4.78, 5) is 6.48. The van der Waals surface area contributed by atoms with Crippen molar-refractivity contribution in [3.8, 4) is 11.5 Å². The van der Waals surface area contributed by atoms with Crippen LogP contribution in [0.1, 0.15) is 11.3 Å². The van der Waals surface area contributed by atoms with Crippen molar-refractivity contribution in [2.45, 2.75) is 13.0 Å². The van der Waals surface area contributed by atoms with Gasteiger partial charge in [-0.05, 0) is 52.2 Å². The lowest BCUT2D eigenvalue weighted by Crippen LogP contribution is -2.39. The number of hydrogen-bond acceptors (Lipinski definition) is 3. The average molecular weight is 423 g/mol. The zero-order valence-electron chi connectivity index (χ0n) is 16.0. The lowest BCUT2D eigenvalue weighted by molar-refractivity contribution is 0.398. The maximum absolute atomic E-state index is 5.44. The number of ether oxygens (including phenoxy) is 2. The Morgan fingerprint density at radius 3 is 2.62 bits per heavy atom. The van der Waals surface area contributed by atoms with E-state index in [1.54, 1.807) is 21.3 Å². The minimum Gasteiger partial charge on any atom is -0.497 e. The third-order valence-corrected chi connectivity index (χ3v) is 4.65. The van der Waals surface area contributed by atoms with Gasteiger partial charge in [-0.25, -0.2) is 0 Å². The van der Waals surface area contributed by atoms with E-state index >= 15 is 0 Å². The molecule has 1 aromatic heterocycles. The second kappa shape index (κ2) is 9.52. The van der Waals surface area contributed by atoms with Crippen LogP contribution in [0.4, 0.5) is 0 Å². The zero-order chi connectivity index (χ0) is 19.1. The Labute approximate surface area is 163 Å². The first-order chi connectivity index (χ1) is 12.5. The standard InChI is InChI=1S/C19H27BrN4O2/c1-21-19(24(3)13-16-11-15(20)12-23(16)2)22-9-8-14-10-17(25-4)6-7-18(14)26-5/h6-7,10-12H,8-9,13H2,1-5H3,(H,21,22). The molecule has 0 amide bonds. The number of benzene rings is 1. The van der Waals surface area contributed by atoms with Crippen LogP contribution in [-0.2, 0) is 20.0 Å². The molecule has 2 aromatic rings. The summed E-state index contributed by atoms with van der Waals surface area (Å²) in [6, 6.07) is 7.96. The first-order valence-electron chi connectivity index (χ1n) is 8.42. The fourth-order valence-corrected chi connectivity index (χ4v) is 3.38. The van der Waals surface area contributed by atoms with Crippen LogP contribution >= 0.6 is 15.9 Å². The van der Waals surface area contributed by atoms with Crippen molar-refractivity contribution in [2.75, 3.05) is 34.9 Å². The molecule has 0 saturated heterocycles. The Bertz CT molecular complexity index is 758. The quantitative estimate of drug-likeness (QED) is 0.550. The Hall–Kier alpha value is -2.15. The lowest BCUT2D eigenvalue weighted by Gasteiger charge is -2.22. The fourth-order valence-electron chi connectivity index (χ4n) is 2.81. The van der Waals surface area contributed by atoms with E-state index in [-0.39, 0.29) is 0 Å². The molecule has 0 bridgehead atoms. The molecule has 0 aliphatic carbocycles. The second-order valence-electron chi connectivity index (χ2n) is 6.02. The van der Waals surface area contributed by atoms with Crippen LogP contribution in [-0.4, -0.2) is 50.3 Å². The van der Waals surface area contributed by atoms with E-state index in [0.29, 0.717) is 0 Å². The lowest BCUT2D eigenvalue weighted by atomic mass is 10.1. The van der Waals surface area contributed by atoms with E-state index in [9.17, 15) is 0 Å². The molecule has 0 atom stereocenters. The van der Waals surface area contributed by atoms with E-state index in [0.717, 1.165) is 47.0 Å². The number of aromatic nitrogens is 1. The molecule has 0 unspecified atom stereocenters. The van der Waals surface area contributed by atoms with Crippen LogP contribution in [0.3, 0.4) is 0 Å². The summed E-state index contributed by atoms with van der Waals surface area (Å²) in [6.07, 6.45) is 2.86. The SMILES string of the molecule is CN=C(NCCc1cc(OC)ccc1OC)N(C)Cc1cc(Br)cn1C. The van der Waals surface area contributed by atoms with Crippen LogP contribution in [0.15, 0.2) is 39.9 Å². The van der Waals surface area contributed by atoms with Crippen LogP contribution < -0.4 is 14.8 Å². The molecule has 7 heteroatoms. The predicted molar refractivity (Wildman–Crippen MR) is 109 cm³/mol. The molecule has 0 fully saturated rings. The first-order valence-corrected chi connectivity index (χ1v) is 9.21. The number of rotatable bonds is 7. The fraction of sp³-hybridized carbons (Fsp3) is 0.421. The molecule has 6 nitrogen and oxygen atoms in total. The smallest absolute Gasteiger partial charge is 0.193 e. The van der Waals surface area contributed by atoms with Gasteiger partial charge < -0.3 is 24.3 Å². The Kier molecular flexibility index (Phi) is 7.38. The molecule has 0 radical (unpaired) electrons. The monoisotopic (exact) mass is 422 g/mol. The van der Waals surface area contributed by atoms with Crippen molar-refractivity contribution in [2.24, 2.45) is 12.0 Å². The summed E-state index contributed by atoms with van der Waals surface area (Å²) in [5.41, 5.74) is 2.31. The molecule has 1 heterocycles. The van der Waals surface area contributed by atoms with Gasteiger partial charge in [-0.2, -0.15) is 0 Å². The summed E-state index contributed by atoms with van der Waals surface area (Å²) in [5, 5.41) is 3.41. The number of methoxy groups -OCH3 is 2. The van der Waals surface area contributed by atoms with Crippen molar-refractivity contribution in [1.29, 1.82) is 0 Å². The van der Waals surface area contributed by atoms with Crippen LogP contribution in [0.2, 0.25) is 0 Å². The van der Waals surface area contributed by atoms with E-state index in [4.69, 9.17) is 9.47 Å².